The number of hydrogen-bond acceptors (Lipinski definition) is 1. The average molecular weight is 613 g/mol. The Kier molecular flexibility index (Phi) is 5.69. The first-order valence-corrected chi connectivity index (χ1v) is 16.7. The van der Waals surface area contributed by atoms with Crippen LogP contribution >= 0.6 is 0 Å². The van der Waals surface area contributed by atoms with Crippen LogP contribution in [0.3, 0.4) is 0 Å². The molecule has 2 aliphatic rings. The van der Waals surface area contributed by atoms with E-state index in [0.29, 0.717) is 0 Å². The highest BCUT2D eigenvalue weighted by molar-refractivity contribution is 6.06. The molecule has 1 aliphatic heterocycles. The SMILES string of the molecule is CC1(C)c2cc(-c3cccc(-c4cc5c6c(cccc6c4)-c4cc(-c6ccccc6)ccc4O5)c3)ccc2-c2cc3ccccc3cc21. The van der Waals surface area contributed by atoms with Crippen LogP contribution in [0.2, 0.25) is 0 Å². The number of fused-ring (bicyclic) bond motifs is 6. The molecule has 0 atom stereocenters. The molecule has 1 nitrogen and oxygen atoms in total. The van der Waals surface area contributed by atoms with Crippen LogP contribution in [0.25, 0.3) is 77.2 Å². The van der Waals surface area contributed by atoms with E-state index in [0.717, 1.165) is 22.6 Å². The summed E-state index contributed by atoms with van der Waals surface area (Å²) in [5, 5.41) is 4.95. The Hall–Kier alpha value is -5.92. The van der Waals surface area contributed by atoms with Crippen LogP contribution in [0, 0.1) is 0 Å². The highest BCUT2D eigenvalue weighted by atomic mass is 16.5. The summed E-state index contributed by atoms with van der Waals surface area (Å²) in [4.78, 5) is 0. The van der Waals surface area contributed by atoms with Gasteiger partial charge in [0.05, 0.1) is 0 Å². The van der Waals surface area contributed by atoms with E-state index in [2.05, 4.69) is 172 Å². The number of hydrogen-bond donors (Lipinski definition) is 0. The zero-order valence-electron chi connectivity index (χ0n) is 26.9. The van der Waals surface area contributed by atoms with Crippen molar-refractivity contribution in [3.63, 3.8) is 0 Å². The molecule has 0 fully saturated rings. The number of rotatable bonds is 3. The van der Waals surface area contributed by atoms with Gasteiger partial charge in [0.25, 0.3) is 0 Å². The maximum Gasteiger partial charge on any atom is 0.136 e. The van der Waals surface area contributed by atoms with E-state index < -0.39 is 0 Å². The van der Waals surface area contributed by atoms with E-state index >= 15 is 0 Å². The fourth-order valence-corrected chi connectivity index (χ4v) is 8.10. The van der Waals surface area contributed by atoms with E-state index in [4.69, 9.17) is 4.74 Å². The van der Waals surface area contributed by atoms with Crippen LogP contribution in [-0.2, 0) is 5.41 Å². The van der Waals surface area contributed by atoms with E-state index in [-0.39, 0.29) is 5.41 Å². The Bertz CT molecular complexity index is 2610. The van der Waals surface area contributed by atoms with Crippen LogP contribution in [0.4, 0.5) is 0 Å². The predicted molar refractivity (Wildman–Crippen MR) is 201 cm³/mol. The molecule has 0 amide bonds. The smallest absolute Gasteiger partial charge is 0.136 e. The molecule has 1 heteroatoms. The van der Waals surface area contributed by atoms with Crippen LogP contribution in [0.5, 0.6) is 11.5 Å². The van der Waals surface area contributed by atoms with Crippen molar-refractivity contribution in [2.75, 3.05) is 0 Å². The molecule has 10 rings (SSSR count). The molecular formula is C47H32O. The maximum absolute atomic E-state index is 6.65. The Morgan fingerprint density at radius 1 is 0.354 bits per heavy atom. The Morgan fingerprint density at radius 3 is 1.85 bits per heavy atom. The van der Waals surface area contributed by atoms with E-state index in [1.807, 2.05) is 0 Å². The lowest BCUT2D eigenvalue weighted by Gasteiger charge is -2.23. The molecule has 0 bridgehead atoms. The Labute approximate surface area is 280 Å². The zero-order chi connectivity index (χ0) is 32.0. The first-order valence-electron chi connectivity index (χ1n) is 16.7. The third kappa shape index (κ3) is 4.04. The molecule has 1 heterocycles. The number of benzene rings is 8. The monoisotopic (exact) mass is 612 g/mol. The van der Waals surface area contributed by atoms with Crippen molar-refractivity contribution < 1.29 is 4.74 Å². The molecule has 48 heavy (non-hydrogen) atoms. The van der Waals surface area contributed by atoms with E-state index in [1.165, 1.54) is 77.2 Å². The third-order valence-corrected chi connectivity index (χ3v) is 10.6. The van der Waals surface area contributed by atoms with Gasteiger partial charge in [-0.25, -0.2) is 0 Å². The predicted octanol–water partition coefficient (Wildman–Crippen LogP) is 13.1. The molecule has 0 N–H and O–H groups in total. The van der Waals surface area contributed by atoms with Gasteiger partial charge >= 0.3 is 0 Å². The van der Waals surface area contributed by atoms with Crippen molar-refractivity contribution in [3.05, 3.63) is 169 Å². The summed E-state index contributed by atoms with van der Waals surface area (Å²) in [6.07, 6.45) is 0. The molecular weight excluding hydrogens is 581 g/mol. The van der Waals surface area contributed by atoms with Gasteiger partial charge in [-0.05, 0) is 126 Å². The fraction of sp³-hybridized carbons (Fsp3) is 0.0638. The van der Waals surface area contributed by atoms with Crippen molar-refractivity contribution in [3.8, 4) is 67.1 Å². The Morgan fingerprint density at radius 2 is 1.00 bits per heavy atom. The van der Waals surface area contributed by atoms with Gasteiger partial charge in [-0.2, -0.15) is 0 Å². The normalized spacial score (nSPS) is 13.5. The van der Waals surface area contributed by atoms with E-state index in [9.17, 15) is 0 Å². The minimum atomic E-state index is -0.0729. The summed E-state index contributed by atoms with van der Waals surface area (Å²) in [6, 6.07) is 57.6. The van der Waals surface area contributed by atoms with Crippen molar-refractivity contribution in [1.29, 1.82) is 0 Å². The second-order valence-electron chi connectivity index (χ2n) is 13.8. The van der Waals surface area contributed by atoms with Gasteiger partial charge in [-0.3, -0.25) is 0 Å². The second kappa shape index (κ2) is 10.0. The standard InChI is InChI=1S/C47H32O/c1-47(2)42-27-35(18-20-38(42)40-24-32-12-6-7-13-33(32)26-43(40)47)30-14-8-15-31(22-30)37-23-36-16-9-17-39-41-25-34(29-10-4-3-5-11-29)19-21-44(41)48-45(28-37)46(36)39/h3-28H,1-2H3. The lowest BCUT2D eigenvalue weighted by molar-refractivity contribution is 0.487. The van der Waals surface area contributed by atoms with Crippen molar-refractivity contribution in [2.24, 2.45) is 0 Å². The highest BCUT2D eigenvalue weighted by Gasteiger charge is 2.36. The molecule has 0 aromatic heterocycles. The molecule has 0 saturated carbocycles. The molecule has 8 aromatic rings. The van der Waals surface area contributed by atoms with E-state index in [1.54, 1.807) is 0 Å². The van der Waals surface area contributed by atoms with Crippen molar-refractivity contribution in [1.82, 2.24) is 0 Å². The van der Waals surface area contributed by atoms with Gasteiger partial charge in [0, 0.05) is 16.4 Å². The molecule has 8 aromatic carbocycles. The number of ether oxygens (including phenoxy) is 1. The van der Waals surface area contributed by atoms with Gasteiger partial charge in [0.2, 0.25) is 0 Å². The lowest BCUT2D eigenvalue weighted by Crippen LogP contribution is -2.15. The van der Waals surface area contributed by atoms with Crippen LogP contribution < -0.4 is 4.74 Å². The van der Waals surface area contributed by atoms with Crippen LogP contribution in [0.15, 0.2) is 158 Å². The summed E-state index contributed by atoms with van der Waals surface area (Å²) in [7, 11) is 0. The second-order valence-corrected chi connectivity index (χ2v) is 13.8. The summed E-state index contributed by atoms with van der Waals surface area (Å²) >= 11 is 0. The van der Waals surface area contributed by atoms with Crippen molar-refractivity contribution >= 4 is 21.5 Å². The van der Waals surface area contributed by atoms with Gasteiger partial charge in [0.1, 0.15) is 11.5 Å². The highest BCUT2D eigenvalue weighted by Crippen LogP contribution is 2.52. The molecule has 226 valence electrons. The zero-order valence-corrected chi connectivity index (χ0v) is 26.9. The topological polar surface area (TPSA) is 9.23 Å². The first-order chi connectivity index (χ1) is 23.5. The first kappa shape index (κ1) is 27.2. The van der Waals surface area contributed by atoms with Crippen LogP contribution in [-0.4, -0.2) is 0 Å². The quantitative estimate of drug-likeness (QED) is 0.193. The Balaban J connectivity index is 1.04. The molecule has 0 spiro atoms. The third-order valence-electron chi connectivity index (χ3n) is 10.6. The van der Waals surface area contributed by atoms with Gasteiger partial charge < -0.3 is 4.74 Å². The fourth-order valence-electron chi connectivity index (χ4n) is 8.10. The summed E-state index contributed by atoms with van der Waals surface area (Å²) in [6.45, 7) is 4.73. The minimum absolute atomic E-state index is 0.0729. The van der Waals surface area contributed by atoms with Gasteiger partial charge in [-0.1, -0.05) is 123 Å². The summed E-state index contributed by atoms with van der Waals surface area (Å²) in [5.41, 5.74) is 15.0. The van der Waals surface area contributed by atoms with Gasteiger partial charge in [0.15, 0.2) is 0 Å². The molecule has 0 radical (unpaired) electrons. The van der Waals surface area contributed by atoms with Crippen molar-refractivity contribution in [2.45, 2.75) is 19.3 Å². The average Bonchev–Trinajstić information content (AvgIpc) is 3.35. The maximum atomic E-state index is 6.65. The molecule has 0 saturated heterocycles. The molecule has 0 unspecified atom stereocenters. The van der Waals surface area contributed by atoms with Crippen LogP contribution in [0.1, 0.15) is 25.0 Å². The lowest BCUT2D eigenvalue weighted by atomic mass is 9.81. The molecule has 1 aliphatic carbocycles. The largest absolute Gasteiger partial charge is 0.456 e. The van der Waals surface area contributed by atoms with Gasteiger partial charge in [-0.15, -0.1) is 0 Å². The minimum Gasteiger partial charge on any atom is -0.456 e. The summed E-state index contributed by atoms with van der Waals surface area (Å²) in [5.74, 6) is 1.81. The summed E-state index contributed by atoms with van der Waals surface area (Å²) < 4.78 is 6.65.